The van der Waals surface area contributed by atoms with Crippen molar-refractivity contribution in [3.63, 3.8) is 0 Å². The fourth-order valence-corrected chi connectivity index (χ4v) is 1.49. The molecule has 98 valence electrons. The molecule has 2 N–H and O–H groups in total. The molecule has 0 aromatic heterocycles. The highest BCUT2D eigenvalue weighted by Gasteiger charge is 2.25. The molecule has 0 bridgehead atoms. The monoisotopic (exact) mass is 265 g/mol. The second-order valence-electron chi connectivity index (χ2n) is 3.63. The lowest BCUT2D eigenvalue weighted by molar-refractivity contribution is 0.381. The number of benzene rings is 1. The van der Waals surface area contributed by atoms with Crippen molar-refractivity contribution < 1.29 is 22.0 Å². The van der Waals surface area contributed by atoms with Gasteiger partial charge >= 0.3 is 0 Å². The van der Waals surface area contributed by atoms with Gasteiger partial charge in [-0.2, -0.15) is 0 Å². The van der Waals surface area contributed by atoms with Crippen LogP contribution in [0.2, 0.25) is 0 Å². The van der Waals surface area contributed by atoms with Gasteiger partial charge in [0.1, 0.15) is 11.5 Å². The summed E-state index contributed by atoms with van der Waals surface area (Å²) in [7, 11) is 0. The molecule has 0 radical (unpaired) electrons. The maximum atomic E-state index is 13.2. The Bertz CT molecular complexity index is 486. The van der Waals surface area contributed by atoms with Crippen LogP contribution in [0.3, 0.4) is 0 Å². The minimum atomic E-state index is -2.19. The smallest absolute Gasteiger partial charge is 0.200 e. The van der Waals surface area contributed by atoms with Gasteiger partial charge in [-0.05, 0) is 6.42 Å². The van der Waals surface area contributed by atoms with Crippen molar-refractivity contribution in [2.24, 2.45) is 4.99 Å². The molecule has 18 heavy (non-hydrogen) atoms. The standard InChI is InChI=1S/C10H8F5N3/c11-5-6(12)8(14)10(9(15)7(5)13)18-17-4-2-1-3-16-4/h18H,1-3H2,(H,16,17). The Balaban J connectivity index is 2.27. The van der Waals surface area contributed by atoms with Crippen LogP contribution in [-0.2, 0) is 0 Å². The zero-order valence-corrected chi connectivity index (χ0v) is 8.96. The number of amidine groups is 1. The van der Waals surface area contributed by atoms with E-state index in [0.29, 0.717) is 18.8 Å². The second-order valence-corrected chi connectivity index (χ2v) is 3.63. The van der Waals surface area contributed by atoms with Gasteiger partial charge in [-0.1, -0.05) is 0 Å². The first kappa shape index (κ1) is 12.6. The molecule has 0 saturated carbocycles. The van der Waals surface area contributed by atoms with Crippen molar-refractivity contribution in [1.29, 1.82) is 0 Å². The van der Waals surface area contributed by atoms with Gasteiger partial charge < -0.3 is 0 Å². The van der Waals surface area contributed by atoms with Crippen LogP contribution in [0.25, 0.3) is 0 Å². The van der Waals surface area contributed by atoms with Gasteiger partial charge in [-0.3, -0.25) is 15.8 Å². The molecule has 0 atom stereocenters. The van der Waals surface area contributed by atoms with E-state index in [1.807, 2.05) is 5.43 Å². The number of hydrogen-bond donors (Lipinski definition) is 2. The molecule has 0 fully saturated rings. The average molecular weight is 265 g/mol. The van der Waals surface area contributed by atoms with Crippen LogP contribution < -0.4 is 10.9 Å². The van der Waals surface area contributed by atoms with Gasteiger partial charge in [0, 0.05) is 13.0 Å². The molecule has 0 aliphatic carbocycles. The molecule has 1 aliphatic heterocycles. The minimum Gasteiger partial charge on any atom is -0.294 e. The predicted octanol–water partition coefficient (Wildman–Crippen LogP) is 2.49. The Morgan fingerprint density at radius 2 is 1.33 bits per heavy atom. The molecule has 1 aliphatic rings. The van der Waals surface area contributed by atoms with Crippen LogP contribution in [0, 0.1) is 29.1 Å². The summed E-state index contributed by atoms with van der Waals surface area (Å²) in [5.41, 5.74) is 3.15. The zero-order valence-electron chi connectivity index (χ0n) is 8.96. The molecular weight excluding hydrogens is 257 g/mol. The number of nitrogens with one attached hydrogen (secondary N) is 2. The largest absolute Gasteiger partial charge is 0.294 e. The predicted molar refractivity (Wildman–Crippen MR) is 54.5 cm³/mol. The molecule has 0 amide bonds. The Hall–Kier alpha value is -1.86. The first-order valence-electron chi connectivity index (χ1n) is 5.09. The van der Waals surface area contributed by atoms with E-state index in [-0.39, 0.29) is 0 Å². The molecule has 1 aromatic rings. The number of nitrogens with zero attached hydrogens (tertiary/aromatic N) is 1. The number of aliphatic imine (C=N–C) groups is 1. The summed E-state index contributed by atoms with van der Waals surface area (Å²) in [5.74, 6) is -9.61. The van der Waals surface area contributed by atoms with Crippen molar-refractivity contribution >= 4 is 11.5 Å². The van der Waals surface area contributed by atoms with E-state index in [1.165, 1.54) is 0 Å². The van der Waals surface area contributed by atoms with E-state index in [4.69, 9.17) is 0 Å². The molecule has 0 saturated heterocycles. The molecular formula is C10H8F5N3. The van der Waals surface area contributed by atoms with Crippen LogP contribution in [0.1, 0.15) is 12.8 Å². The molecule has 1 heterocycles. The summed E-state index contributed by atoms with van der Waals surface area (Å²) >= 11 is 0. The Kier molecular flexibility index (Phi) is 3.35. The van der Waals surface area contributed by atoms with E-state index in [1.54, 1.807) is 0 Å². The Labute approximate surface area is 98.7 Å². The first-order valence-corrected chi connectivity index (χ1v) is 5.09. The molecule has 0 spiro atoms. The van der Waals surface area contributed by atoms with E-state index < -0.39 is 34.8 Å². The van der Waals surface area contributed by atoms with E-state index in [2.05, 4.69) is 10.4 Å². The maximum absolute atomic E-state index is 13.2. The normalized spacial score (nSPS) is 14.6. The Morgan fingerprint density at radius 1 is 0.778 bits per heavy atom. The molecule has 0 unspecified atom stereocenters. The fraction of sp³-hybridized carbons (Fsp3) is 0.300. The van der Waals surface area contributed by atoms with Crippen LogP contribution in [0.15, 0.2) is 4.99 Å². The third kappa shape index (κ3) is 2.09. The summed E-state index contributed by atoms with van der Waals surface area (Å²) in [6, 6.07) is 0. The van der Waals surface area contributed by atoms with Gasteiger partial charge in [0.05, 0.1) is 0 Å². The van der Waals surface area contributed by atoms with Crippen LogP contribution >= 0.6 is 0 Å². The SMILES string of the molecule is Fc1c(F)c(F)c(NNC2=NCCC2)c(F)c1F. The molecule has 2 rings (SSSR count). The van der Waals surface area contributed by atoms with Gasteiger partial charge in [0.2, 0.25) is 5.82 Å². The highest BCUT2D eigenvalue weighted by molar-refractivity contribution is 5.84. The van der Waals surface area contributed by atoms with E-state index in [0.717, 1.165) is 6.42 Å². The topological polar surface area (TPSA) is 36.4 Å². The quantitative estimate of drug-likeness (QED) is 0.373. The van der Waals surface area contributed by atoms with Crippen molar-refractivity contribution in [3.8, 4) is 0 Å². The third-order valence-corrected chi connectivity index (χ3v) is 2.42. The first-order chi connectivity index (χ1) is 8.52. The number of halogens is 5. The van der Waals surface area contributed by atoms with Crippen LogP contribution in [0.5, 0.6) is 0 Å². The second kappa shape index (κ2) is 4.79. The lowest BCUT2D eigenvalue weighted by atomic mass is 10.2. The Morgan fingerprint density at radius 3 is 1.83 bits per heavy atom. The average Bonchev–Trinajstić information content (AvgIpc) is 2.87. The fourth-order valence-electron chi connectivity index (χ4n) is 1.49. The van der Waals surface area contributed by atoms with Gasteiger partial charge in [0.25, 0.3) is 0 Å². The maximum Gasteiger partial charge on any atom is 0.200 e. The number of hydrogen-bond acceptors (Lipinski definition) is 3. The van der Waals surface area contributed by atoms with Gasteiger partial charge in [-0.15, -0.1) is 0 Å². The van der Waals surface area contributed by atoms with Crippen LogP contribution in [0.4, 0.5) is 27.6 Å². The zero-order chi connectivity index (χ0) is 13.3. The summed E-state index contributed by atoms with van der Waals surface area (Å²) < 4.78 is 64.9. The molecule has 3 nitrogen and oxygen atoms in total. The van der Waals surface area contributed by atoms with Crippen molar-refractivity contribution in [2.45, 2.75) is 12.8 Å². The van der Waals surface area contributed by atoms with E-state index in [9.17, 15) is 22.0 Å². The highest BCUT2D eigenvalue weighted by atomic mass is 19.2. The summed E-state index contributed by atoms with van der Waals surface area (Å²) in [6.07, 6.45) is 1.31. The minimum absolute atomic E-state index is 0.402. The lowest BCUT2D eigenvalue weighted by Gasteiger charge is -2.12. The highest BCUT2D eigenvalue weighted by Crippen LogP contribution is 2.26. The van der Waals surface area contributed by atoms with Crippen molar-refractivity contribution in [3.05, 3.63) is 29.1 Å². The summed E-state index contributed by atoms with van der Waals surface area (Å²) in [4.78, 5) is 3.91. The van der Waals surface area contributed by atoms with E-state index >= 15 is 0 Å². The van der Waals surface area contributed by atoms with Crippen molar-refractivity contribution in [1.82, 2.24) is 5.43 Å². The van der Waals surface area contributed by atoms with Crippen molar-refractivity contribution in [2.75, 3.05) is 12.0 Å². The lowest BCUT2D eigenvalue weighted by Crippen LogP contribution is -2.29. The molecule has 8 heteroatoms. The summed E-state index contributed by atoms with van der Waals surface area (Å²) in [6.45, 7) is 0.557. The van der Waals surface area contributed by atoms with Gasteiger partial charge in [-0.25, -0.2) is 22.0 Å². The van der Waals surface area contributed by atoms with Crippen LogP contribution in [-0.4, -0.2) is 12.4 Å². The third-order valence-electron chi connectivity index (χ3n) is 2.42. The molecule has 1 aromatic carbocycles. The van der Waals surface area contributed by atoms with Gasteiger partial charge in [0.15, 0.2) is 23.3 Å². The number of anilines is 1. The number of rotatable bonds is 2. The number of hydrazine groups is 1. The summed E-state index contributed by atoms with van der Waals surface area (Å²) in [5, 5.41) is 0.